The van der Waals surface area contributed by atoms with Crippen LogP contribution in [0.25, 0.3) is 21.5 Å². The van der Waals surface area contributed by atoms with Crippen molar-refractivity contribution in [1.82, 2.24) is 0 Å². The second-order valence-electron chi connectivity index (χ2n) is 7.71. The lowest BCUT2D eigenvalue weighted by atomic mass is 10.0. The summed E-state index contributed by atoms with van der Waals surface area (Å²) in [7, 11) is 0. The molecule has 0 aromatic heterocycles. The molecule has 0 heterocycles. The Morgan fingerprint density at radius 2 is 0.781 bits per heavy atom. The van der Waals surface area contributed by atoms with Gasteiger partial charge in [-0.15, -0.1) is 0 Å². The van der Waals surface area contributed by atoms with Crippen LogP contribution in [-0.4, -0.2) is 26.2 Å². The van der Waals surface area contributed by atoms with Gasteiger partial charge in [-0.3, -0.25) is 0 Å². The largest absolute Gasteiger partial charge is 1.00 e. The maximum Gasteiger partial charge on any atom is 0.125 e. The topological polar surface area (TPSA) is 49.8 Å². The van der Waals surface area contributed by atoms with Crippen molar-refractivity contribution in [3.8, 4) is 0 Å². The number of hydrogen-bond acceptors (Lipinski definition) is 0. The summed E-state index contributed by atoms with van der Waals surface area (Å²) in [6.07, 6.45) is 0. The summed E-state index contributed by atoms with van der Waals surface area (Å²) >= 11 is 0. The van der Waals surface area contributed by atoms with Crippen LogP contribution in [0.4, 0.5) is 0 Å². The first-order chi connectivity index (χ1) is 14.4. The van der Waals surface area contributed by atoms with Gasteiger partial charge in [0, 0.05) is 11.1 Å². The highest BCUT2D eigenvalue weighted by molar-refractivity contribution is 5.86. The molecule has 4 aromatic rings. The van der Waals surface area contributed by atoms with Gasteiger partial charge in [0.2, 0.25) is 0 Å². The van der Waals surface area contributed by atoms with Gasteiger partial charge in [-0.1, -0.05) is 84.9 Å². The number of fused-ring (bicyclic) bond motifs is 2. The first kappa shape index (κ1) is 28.2. The minimum atomic E-state index is 0. The summed E-state index contributed by atoms with van der Waals surface area (Å²) in [6.45, 7) is 6.78. The van der Waals surface area contributed by atoms with Crippen LogP contribution < -0.4 is 53.2 Å². The second-order valence-corrected chi connectivity index (χ2v) is 7.71. The molecule has 0 radical (unpaired) electrons. The summed E-state index contributed by atoms with van der Waals surface area (Å²) < 4.78 is 0. The zero-order valence-corrected chi connectivity index (χ0v) is 20.5. The van der Waals surface area contributed by atoms with E-state index in [1.165, 1.54) is 45.8 Å². The Balaban J connectivity index is 0.00000171. The summed E-state index contributed by atoms with van der Waals surface area (Å²) in [5.41, 5.74) is 2.87. The van der Waals surface area contributed by atoms with Gasteiger partial charge in [-0.2, -0.15) is 0 Å². The first-order valence-electron chi connectivity index (χ1n) is 10.8. The quantitative estimate of drug-likeness (QED) is 0.184. The third-order valence-electron chi connectivity index (χ3n) is 5.64. The number of hydrogen-bond donors (Lipinski definition) is 3. The molecule has 6 N–H and O–H groups in total. The molecule has 4 aromatic carbocycles. The lowest BCUT2D eigenvalue weighted by Gasteiger charge is -2.07. The highest BCUT2D eigenvalue weighted by atomic mass is 35.5. The summed E-state index contributed by atoms with van der Waals surface area (Å²) in [4.78, 5) is 0. The summed E-state index contributed by atoms with van der Waals surface area (Å²) in [5.74, 6) is 0. The SMILES string of the molecule is [Cl-].[Cl-].[Cl-].c1ccc2c(C[NH2+]CC[NH2+]CC[NH2+]Cc3cccc4ccccc34)cccc2c1. The maximum atomic E-state index is 2.44. The van der Waals surface area contributed by atoms with Gasteiger partial charge in [-0.05, 0) is 21.5 Å². The Labute approximate surface area is 209 Å². The van der Waals surface area contributed by atoms with E-state index in [1.807, 2.05) is 0 Å². The van der Waals surface area contributed by atoms with E-state index in [2.05, 4.69) is 101 Å². The minimum absolute atomic E-state index is 0. The van der Waals surface area contributed by atoms with Crippen LogP contribution in [0.15, 0.2) is 84.9 Å². The van der Waals surface area contributed by atoms with Crippen molar-refractivity contribution in [2.45, 2.75) is 13.1 Å². The highest BCUT2D eigenvalue weighted by Crippen LogP contribution is 2.18. The van der Waals surface area contributed by atoms with Crippen molar-refractivity contribution in [3.05, 3.63) is 96.1 Å². The zero-order valence-electron chi connectivity index (χ0n) is 18.2. The molecule has 4 rings (SSSR count). The van der Waals surface area contributed by atoms with Gasteiger partial charge in [-0.25, -0.2) is 0 Å². The molecule has 0 aliphatic rings. The molecule has 32 heavy (non-hydrogen) atoms. The number of halogens is 3. The number of rotatable bonds is 10. The van der Waals surface area contributed by atoms with E-state index < -0.39 is 0 Å². The number of benzene rings is 4. The summed E-state index contributed by atoms with van der Waals surface area (Å²) in [6, 6.07) is 30.6. The van der Waals surface area contributed by atoms with Crippen LogP contribution in [0.1, 0.15) is 11.1 Å². The maximum absolute atomic E-state index is 2.44. The molecule has 3 nitrogen and oxygen atoms in total. The van der Waals surface area contributed by atoms with E-state index in [1.54, 1.807) is 0 Å². The molecule has 0 spiro atoms. The van der Waals surface area contributed by atoms with Crippen LogP contribution in [0.3, 0.4) is 0 Å². The van der Waals surface area contributed by atoms with Crippen molar-refractivity contribution in [3.63, 3.8) is 0 Å². The van der Waals surface area contributed by atoms with Crippen LogP contribution in [0.2, 0.25) is 0 Å². The van der Waals surface area contributed by atoms with Gasteiger partial charge in [0.1, 0.15) is 39.3 Å². The van der Waals surface area contributed by atoms with Crippen molar-refractivity contribution >= 4 is 21.5 Å². The molecule has 0 fully saturated rings. The molecular weight excluding hydrogens is 461 g/mol. The molecular formula is C26H32Cl3N3. The van der Waals surface area contributed by atoms with Gasteiger partial charge in [0.25, 0.3) is 0 Å². The fourth-order valence-electron chi connectivity index (χ4n) is 4.07. The molecule has 0 unspecified atom stereocenters. The van der Waals surface area contributed by atoms with Crippen LogP contribution in [0.5, 0.6) is 0 Å². The monoisotopic (exact) mass is 491 g/mol. The van der Waals surface area contributed by atoms with Crippen molar-refractivity contribution in [2.24, 2.45) is 0 Å². The lowest BCUT2D eigenvalue weighted by molar-refractivity contribution is -0.757. The molecule has 0 bridgehead atoms. The van der Waals surface area contributed by atoms with Gasteiger partial charge < -0.3 is 53.2 Å². The average molecular weight is 493 g/mol. The van der Waals surface area contributed by atoms with Gasteiger partial charge in [0.15, 0.2) is 0 Å². The molecule has 6 heteroatoms. The predicted molar refractivity (Wildman–Crippen MR) is 121 cm³/mol. The van der Waals surface area contributed by atoms with Crippen molar-refractivity contribution < 1.29 is 53.2 Å². The van der Waals surface area contributed by atoms with E-state index >= 15 is 0 Å². The Hall–Kier alpha value is -1.85. The average Bonchev–Trinajstić information content (AvgIpc) is 2.78. The van der Waals surface area contributed by atoms with Crippen LogP contribution in [0, 0.1) is 0 Å². The molecule has 0 atom stereocenters. The van der Waals surface area contributed by atoms with E-state index in [-0.39, 0.29) is 37.2 Å². The standard InChI is InChI=1S/C26H29N3.3ClH/c1-3-13-25-21(7-1)9-5-11-23(25)19-28-17-15-27-16-18-29-20-24-12-6-10-22-8-2-4-14-26(22)24;;;/h1-14,27-29H,15-20H2;3*1H. The molecule has 0 aliphatic heterocycles. The van der Waals surface area contributed by atoms with Crippen LogP contribution in [-0.2, 0) is 13.1 Å². The molecule has 0 saturated heterocycles. The fourth-order valence-corrected chi connectivity index (χ4v) is 4.07. The smallest absolute Gasteiger partial charge is 0.125 e. The zero-order chi connectivity index (χ0) is 19.7. The van der Waals surface area contributed by atoms with E-state index in [9.17, 15) is 0 Å². The predicted octanol–water partition coefficient (Wildman–Crippen LogP) is -7.60. The number of quaternary nitrogens is 3. The first-order valence-corrected chi connectivity index (χ1v) is 10.8. The molecule has 0 saturated carbocycles. The lowest BCUT2D eigenvalue weighted by Crippen LogP contribution is -3.00. The molecule has 172 valence electrons. The molecule has 0 aliphatic carbocycles. The Kier molecular flexibility index (Phi) is 13.3. The van der Waals surface area contributed by atoms with Crippen molar-refractivity contribution in [2.75, 3.05) is 26.2 Å². The summed E-state index contributed by atoms with van der Waals surface area (Å²) in [5, 5.41) is 12.8. The van der Waals surface area contributed by atoms with Gasteiger partial charge >= 0.3 is 0 Å². The second kappa shape index (κ2) is 15.1. The van der Waals surface area contributed by atoms with E-state index in [4.69, 9.17) is 0 Å². The fraction of sp³-hybridized carbons (Fsp3) is 0.231. The Bertz CT molecular complexity index is 976. The third kappa shape index (κ3) is 7.63. The van der Waals surface area contributed by atoms with E-state index in [0.717, 1.165) is 26.2 Å². The third-order valence-corrected chi connectivity index (χ3v) is 5.64. The normalized spacial score (nSPS) is 10.2. The van der Waals surface area contributed by atoms with Gasteiger partial charge in [0.05, 0.1) is 0 Å². The molecule has 0 amide bonds. The minimum Gasteiger partial charge on any atom is -1.00 e. The van der Waals surface area contributed by atoms with Crippen LogP contribution >= 0.6 is 0 Å². The van der Waals surface area contributed by atoms with E-state index in [0.29, 0.717) is 0 Å². The van der Waals surface area contributed by atoms with Crippen molar-refractivity contribution in [1.29, 1.82) is 0 Å². The Morgan fingerprint density at radius 3 is 1.25 bits per heavy atom. The Morgan fingerprint density at radius 1 is 0.406 bits per heavy atom. The highest BCUT2D eigenvalue weighted by Gasteiger charge is 2.04. The number of nitrogens with two attached hydrogens (primary N) is 3.